The standard InChI is InChI=1S/C29H50O7Si/c1-22(32-20-23-14-16-24(31-8)17-15-23)19-26(33-21-30-7)27-25(35-29(5,6)36-27)13-11-12-18-34-37(9,10)28(2,3)4/h11,13-17,22,25-27H,12,18-21H2,1-10H3/b13-11+/t22-,25+,26+,27-/m1/s1. The molecule has 0 radical (unpaired) electrons. The summed E-state index contributed by atoms with van der Waals surface area (Å²) in [5, 5.41) is 0.201. The molecule has 37 heavy (non-hydrogen) atoms. The van der Waals surface area contributed by atoms with Crippen LogP contribution in [0.2, 0.25) is 18.1 Å². The fourth-order valence-corrected chi connectivity index (χ4v) is 4.95. The molecular weight excluding hydrogens is 488 g/mol. The van der Waals surface area contributed by atoms with Crippen LogP contribution in [-0.4, -0.2) is 66.1 Å². The molecule has 1 fully saturated rings. The summed E-state index contributed by atoms with van der Waals surface area (Å²) in [5.41, 5.74) is 1.09. The molecule has 0 saturated carbocycles. The fraction of sp³-hybridized carbons (Fsp3) is 0.724. The lowest BCUT2D eigenvalue weighted by Gasteiger charge is -2.36. The van der Waals surface area contributed by atoms with Gasteiger partial charge >= 0.3 is 0 Å². The van der Waals surface area contributed by atoms with Gasteiger partial charge in [0.2, 0.25) is 0 Å². The summed E-state index contributed by atoms with van der Waals surface area (Å²) >= 11 is 0. The summed E-state index contributed by atoms with van der Waals surface area (Å²) in [6.07, 6.45) is 4.85. The van der Waals surface area contributed by atoms with Crippen molar-refractivity contribution < 1.29 is 32.8 Å². The zero-order valence-electron chi connectivity index (χ0n) is 24.7. The minimum absolute atomic E-state index is 0.0566. The average Bonchev–Trinajstić information content (AvgIpc) is 3.13. The average molecular weight is 539 g/mol. The molecule has 1 heterocycles. The predicted molar refractivity (Wildman–Crippen MR) is 149 cm³/mol. The van der Waals surface area contributed by atoms with Crippen LogP contribution in [0.5, 0.6) is 5.75 Å². The van der Waals surface area contributed by atoms with Crippen molar-refractivity contribution in [1.29, 1.82) is 0 Å². The fourth-order valence-electron chi connectivity index (χ4n) is 3.89. The normalized spacial score (nSPS) is 21.9. The Kier molecular flexibility index (Phi) is 12.3. The molecule has 1 saturated heterocycles. The van der Waals surface area contributed by atoms with Gasteiger partial charge in [0.1, 0.15) is 24.8 Å². The molecule has 0 aromatic heterocycles. The van der Waals surface area contributed by atoms with Gasteiger partial charge in [0.05, 0.1) is 25.9 Å². The Labute approximate surface area is 225 Å². The van der Waals surface area contributed by atoms with Gasteiger partial charge in [-0.25, -0.2) is 0 Å². The quantitative estimate of drug-likeness (QED) is 0.110. The molecule has 1 aromatic rings. The Morgan fingerprint density at radius 3 is 2.32 bits per heavy atom. The van der Waals surface area contributed by atoms with Gasteiger partial charge in [-0.1, -0.05) is 45.1 Å². The molecular formula is C29H50O7Si. The number of hydrogen-bond donors (Lipinski definition) is 0. The van der Waals surface area contributed by atoms with E-state index in [9.17, 15) is 0 Å². The van der Waals surface area contributed by atoms with E-state index in [1.165, 1.54) is 0 Å². The molecule has 1 aliphatic heterocycles. The first kappa shape index (κ1) is 32.0. The van der Waals surface area contributed by atoms with E-state index in [0.717, 1.165) is 17.7 Å². The third-order valence-electron chi connectivity index (χ3n) is 7.07. The van der Waals surface area contributed by atoms with Gasteiger partial charge in [0, 0.05) is 20.1 Å². The van der Waals surface area contributed by atoms with Gasteiger partial charge in [-0.3, -0.25) is 0 Å². The van der Waals surface area contributed by atoms with Crippen LogP contribution in [0.15, 0.2) is 36.4 Å². The molecule has 212 valence electrons. The van der Waals surface area contributed by atoms with Gasteiger partial charge < -0.3 is 32.8 Å². The van der Waals surface area contributed by atoms with E-state index in [1.807, 2.05) is 38.1 Å². The van der Waals surface area contributed by atoms with Crippen LogP contribution in [0.3, 0.4) is 0 Å². The zero-order valence-corrected chi connectivity index (χ0v) is 25.7. The Morgan fingerprint density at radius 2 is 1.73 bits per heavy atom. The largest absolute Gasteiger partial charge is 0.497 e. The lowest BCUT2D eigenvalue weighted by molar-refractivity contribution is -0.175. The van der Waals surface area contributed by atoms with E-state index in [2.05, 4.69) is 52.9 Å². The van der Waals surface area contributed by atoms with Crippen molar-refractivity contribution >= 4 is 8.32 Å². The monoisotopic (exact) mass is 538 g/mol. The Bertz CT molecular complexity index is 817. The Balaban J connectivity index is 1.98. The smallest absolute Gasteiger partial charge is 0.191 e. The molecule has 1 aliphatic rings. The van der Waals surface area contributed by atoms with Crippen LogP contribution in [0, 0.1) is 0 Å². The molecule has 7 nitrogen and oxygen atoms in total. The van der Waals surface area contributed by atoms with Crippen LogP contribution in [0.1, 0.15) is 59.9 Å². The van der Waals surface area contributed by atoms with Crippen molar-refractivity contribution in [2.75, 3.05) is 27.6 Å². The molecule has 0 bridgehead atoms. The summed E-state index contributed by atoms with van der Waals surface area (Å²) in [6, 6.07) is 7.90. The minimum Gasteiger partial charge on any atom is -0.497 e. The molecule has 8 heteroatoms. The number of rotatable bonds is 15. The minimum atomic E-state index is -1.76. The maximum absolute atomic E-state index is 6.32. The highest BCUT2D eigenvalue weighted by Crippen LogP contribution is 2.37. The summed E-state index contributed by atoms with van der Waals surface area (Å²) in [4.78, 5) is 0. The highest BCUT2D eigenvalue weighted by Gasteiger charge is 2.45. The van der Waals surface area contributed by atoms with E-state index in [4.69, 9.17) is 32.8 Å². The second-order valence-corrected chi connectivity index (χ2v) is 16.5. The first-order valence-corrected chi connectivity index (χ1v) is 16.2. The molecule has 2 rings (SSSR count). The third kappa shape index (κ3) is 10.4. The summed E-state index contributed by atoms with van der Waals surface area (Å²) in [5.74, 6) is 0.121. The summed E-state index contributed by atoms with van der Waals surface area (Å²) < 4.78 is 41.5. The molecule has 0 aliphatic carbocycles. The lowest BCUT2D eigenvalue weighted by Crippen LogP contribution is -2.41. The topological polar surface area (TPSA) is 64.6 Å². The van der Waals surface area contributed by atoms with Gasteiger partial charge in [-0.15, -0.1) is 0 Å². The zero-order chi connectivity index (χ0) is 27.7. The van der Waals surface area contributed by atoms with Gasteiger partial charge in [0.25, 0.3) is 0 Å². The van der Waals surface area contributed by atoms with Crippen molar-refractivity contribution in [3.8, 4) is 5.75 Å². The van der Waals surface area contributed by atoms with Crippen LogP contribution in [0.4, 0.5) is 0 Å². The second kappa shape index (κ2) is 14.2. The Hall–Kier alpha value is -1.26. The maximum Gasteiger partial charge on any atom is 0.191 e. The van der Waals surface area contributed by atoms with E-state index >= 15 is 0 Å². The third-order valence-corrected chi connectivity index (χ3v) is 11.6. The second-order valence-electron chi connectivity index (χ2n) is 11.7. The van der Waals surface area contributed by atoms with Crippen LogP contribution in [-0.2, 0) is 34.7 Å². The van der Waals surface area contributed by atoms with Gasteiger partial charge in [-0.2, -0.15) is 0 Å². The van der Waals surface area contributed by atoms with Crippen molar-refractivity contribution in [2.24, 2.45) is 0 Å². The Morgan fingerprint density at radius 1 is 1.05 bits per heavy atom. The molecule has 0 unspecified atom stereocenters. The van der Waals surface area contributed by atoms with Gasteiger partial charge in [0.15, 0.2) is 14.1 Å². The predicted octanol–water partition coefficient (Wildman–Crippen LogP) is 6.47. The molecule has 0 amide bonds. The summed E-state index contributed by atoms with van der Waals surface area (Å²) in [6.45, 7) is 18.6. The maximum atomic E-state index is 6.32. The van der Waals surface area contributed by atoms with E-state index < -0.39 is 14.1 Å². The molecule has 0 spiro atoms. The van der Waals surface area contributed by atoms with Crippen molar-refractivity contribution in [3.05, 3.63) is 42.0 Å². The van der Waals surface area contributed by atoms with Crippen LogP contribution < -0.4 is 4.74 Å². The van der Waals surface area contributed by atoms with Gasteiger partial charge in [-0.05, 0) is 63.0 Å². The number of ether oxygens (including phenoxy) is 6. The van der Waals surface area contributed by atoms with Crippen molar-refractivity contribution in [2.45, 2.75) is 109 Å². The lowest BCUT2D eigenvalue weighted by atomic mass is 10.0. The number of benzene rings is 1. The number of methoxy groups -OCH3 is 2. The first-order chi connectivity index (χ1) is 17.3. The molecule has 4 atom stereocenters. The molecule has 1 aromatic carbocycles. The SMILES string of the molecule is COCO[C@@H](C[C@@H](C)OCc1ccc(OC)cc1)[C@@H]1OC(C)(C)O[C@H]1/C=C/CCO[Si](C)(C)C(C)(C)C. The van der Waals surface area contributed by atoms with Crippen LogP contribution in [0.25, 0.3) is 0 Å². The van der Waals surface area contributed by atoms with E-state index in [1.54, 1.807) is 14.2 Å². The van der Waals surface area contributed by atoms with Crippen LogP contribution >= 0.6 is 0 Å². The number of hydrogen-bond acceptors (Lipinski definition) is 7. The van der Waals surface area contributed by atoms with Crippen molar-refractivity contribution in [1.82, 2.24) is 0 Å². The van der Waals surface area contributed by atoms with E-state index in [-0.39, 0.29) is 36.2 Å². The van der Waals surface area contributed by atoms with E-state index in [0.29, 0.717) is 19.6 Å². The summed E-state index contributed by atoms with van der Waals surface area (Å²) in [7, 11) is 1.53. The molecule has 0 N–H and O–H groups in total. The first-order valence-electron chi connectivity index (χ1n) is 13.3. The highest BCUT2D eigenvalue weighted by atomic mass is 28.4. The highest BCUT2D eigenvalue weighted by molar-refractivity contribution is 6.74. The van der Waals surface area contributed by atoms with Crippen molar-refractivity contribution in [3.63, 3.8) is 0 Å².